The topological polar surface area (TPSA) is 149 Å². The number of amides is 3. The van der Waals surface area contributed by atoms with Crippen LogP contribution in [0.15, 0.2) is 24.3 Å². The number of likely N-dealkylation sites (tertiary alicyclic amines) is 1. The summed E-state index contributed by atoms with van der Waals surface area (Å²) in [5.74, 6) is -1.40. The van der Waals surface area contributed by atoms with Crippen molar-refractivity contribution in [3.8, 4) is 0 Å². The number of piperidine rings is 1. The summed E-state index contributed by atoms with van der Waals surface area (Å²) in [6.07, 6.45) is 0.123. The molecule has 1 aromatic rings. The van der Waals surface area contributed by atoms with Gasteiger partial charge in [-0.15, -0.1) is 0 Å². The third-order valence-electron chi connectivity index (χ3n) is 5.73. The van der Waals surface area contributed by atoms with E-state index in [1.165, 1.54) is 4.90 Å². The van der Waals surface area contributed by atoms with E-state index in [2.05, 4.69) is 5.32 Å². The first-order chi connectivity index (χ1) is 15.9. The third-order valence-corrected chi connectivity index (χ3v) is 5.73. The number of ether oxygens (including phenoxy) is 2. The molecule has 3 amide bonds. The van der Waals surface area contributed by atoms with Gasteiger partial charge >= 0.3 is 18.2 Å². The molecular formula is C23H30N4O7. The second-order valence-corrected chi connectivity index (χ2v) is 9.49. The number of hydrogen-bond donors (Lipinski definition) is 3. The van der Waals surface area contributed by atoms with Gasteiger partial charge < -0.3 is 19.5 Å². The van der Waals surface area contributed by atoms with Crippen molar-refractivity contribution in [1.82, 2.24) is 15.1 Å². The minimum Gasteiger partial charge on any atom is -0.480 e. The van der Waals surface area contributed by atoms with E-state index in [1.54, 1.807) is 49.9 Å². The molecular weight excluding hydrogens is 444 g/mol. The summed E-state index contributed by atoms with van der Waals surface area (Å²) in [6.45, 7) is 5.91. The highest BCUT2D eigenvalue weighted by atomic mass is 16.6. The summed E-state index contributed by atoms with van der Waals surface area (Å²) in [6, 6.07) is 6.35. The summed E-state index contributed by atoms with van der Waals surface area (Å²) in [7, 11) is 0. The van der Waals surface area contributed by atoms with E-state index < -0.39 is 29.4 Å². The molecule has 1 spiro atoms. The zero-order valence-corrected chi connectivity index (χ0v) is 19.6. The molecule has 0 bridgehead atoms. The number of rotatable bonds is 4. The quantitative estimate of drug-likeness (QED) is 0.448. The number of alkyl carbamates (subject to hydrolysis) is 1. The molecule has 34 heavy (non-hydrogen) atoms. The second-order valence-electron chi connectivity index (χ2n) is 9.49. The van der Waals surface area contributed by atoms with Crippen molar-refractivity contribution >= 4 is 29.9 Å². The van der Waals surface area contributed by atoms with E-state index >= 15 is 0 Å². The Morgan fingerprint density at radius 3 is 2.18 bits per heavy atom. The normalized spacial score (nSPS) is 17.7. The van der Waals surface area contributed by atoms with E-state index in [0.29, 0.717) is 50.0 Å². The Bertz CT molecular complexity index is 976. The van der Waals surface area contributed by atoms with Gasteiger partial charge in [-0.3, -0.25) is 25.2 Å². The fourth-order valence-corrected chi connectivity index (χ4v) is 3.95. The molecule has 11 nitrogen and oxygen atoms in total. The highest BCUT2D eigenvalue weighted by Gasteiger charge is 2.44. The Labute approximate surface area is 197 Å². The van der Waals surface area contributed by atoms with Crippen LogP contribution in [0.1, 0.15) is 56.0 Å². The Morgan fingerprint density at radius 2 is 1.65 bits per heavy atom. The maximum Gasteiger partial charge on any atom is 0.413 e. The van der Waals surface area contributed by atoms with E-state index in [0.717, 1.165) is 0 Å². The molecule has 0 saturated carbocycles. The van der Waals surface area contributed by atoms with Crippen molar-refractivity contribution in [2.75, 3.05) is 26.2 Å². The predicted octanol–water partition coefficient (Wildman–Crippen LogP) is 2.44. The van der Waals surface area contributed by atoms with Crippen LogP contribution in [-0.4, -0.2) is 82.2 Å². The molecule has 0 radical (unpaired) electrons. The van der Waals surface area contributed by atoms with E-state index in [1.807, 2.05) is 0 Å². The largest absolute Gasteiger partial charge is 0.480 e. The van der Waals surface area contributed by atoms with Crippen LogP contribution in [0.2, 0.25) is 0 Å². The van der Waals surface area contributed by atoms with Crippen molar-refractivity contribution in [3.05, 3.63) is 35.4 Å². The minimum absolute atomic E-state index is 0.135. The Balaban J connectivity index is 1.53. The molecule has 0 atom stereocenters. The van der Waals surface area contributed by atoms with Gasteiger partial charge in [-0.2, -0.15) is 0 Å². The van der Waals surface area contributed by atoms with Crippen LogP contribution in [-0.2, 0) is 14.3 Å². The molecule has 2 heterocycles. The average Bonchev–Trinajstić information content (AvgIpc) is 2.74. The summed E-state index contributed by atoms with van der Waals surface area (Å²) in [5.41, 5.74) is -0.477. The van der Waals surface area contributed by atoms with Gasteiger partial charge in [0.2, 0.25) is 0 Å². The minimum atomic E-state index is -1.09. The first kappa shape index (κ1) is 25.0. The van der Waals surface area contributed by atoms with E-state index in [4.69, 9.17) is 20.0 Å². The lowest BCUT2D eigenvalue weighted by Crippen LogP contribution is -2.56. The average molecular weight is 475 g/mol. The highest BCUT2D eigenvalue weighted by molar-refractivity contribution is 6.05. The number of nitrogens with one attached hydrogen (secondary N) is 2. The van der Waals surface area contributed by atoms with Crippen LogP contribution >= 0.6 is 0 Å². The van der Waals surface area contributed by atoms with Crippen molar-refractivity contribution < 1.29 is 33.8 Å². The smallest absolute Gasteiger partial charge is 0.413 e. The molecule has 11 heteroatoms. The van der Waals surface area contributed by atoms with Crippen molar-refractivity contribution in [2.24, 2.45) is 0 Å². The van der Waals surface area contributed by atoms with E-state index in [-0.39, 0.29) is 18.3 Å². The van der Waals surface area contributed by atoms with Gasteiger partial charge in [-0.1, -0.05) is 12.1 Å². The second kappa shape index (κ2) is 9.70. The van der Waals surface area contributed by atoms with Crippen LogP contribution in [0.3, 0.4) is 0 Å². The monoisotopic (exact) mass is 474 g/mol. The maximum atomic E-state index is 12.9. The zero-order chi connectivity index (χ0) is 25.1. The van der Waals surface area contributed by atoms with Crippen molar-refractivity contribution in [3.63, 3.8) is 0 Å². The summed E-state index contributed by atoms with van der Waals surface area (Å²) in [5, 5.41) is 19.3. The first-order valence-electron chi connectivity index (χ1n) is 11.1. The molecule has 2 fully saturated rings. The number of carboxylic acids is 1. The molecule has 0 aromatic heterocycles. The van der Waals surface area contributed by atoms with Gasteiger partial charge in [0.15, 0.2) is 0 Å². The SMILES string of the molecule is CC(C)(C)OC(=O)NC(=N)c1ccc(C(=O)N2CCC3(CCN(CC(=O)O)C(=O)O3)CC2)cc1. The number of benzene rings is 1. The summed E-state index contributed by atoms with van der Waals surface area (Å²) < 4.78 is 10.7. The van der Waals surface area contributed by atoms with Gasteiger partial charge in [-0.05, 0) is 32.9 Å². The fraction of sp³-hybridized carbons (Fsp3) is 0.522. The summed E-state index contributed by atoms with van der Waals surface area (Å²) >= 11 is 0. The summed E-state index contributed by atoms with van der Waals surface area (Å²) in [4.78, 5) is 50.6. The number of carbonyl (C=O) groups excluding carboxylic acids is 3. The zero-order valence-electron chi connectivity index (χ0n) is 19.6. The lowest BCUT2D eigenvalue weighted by Gasteiger charge is -2.45. The van der Waals surface area contributed by atoms with Gasteiger partial charge in [0.25, 0.3) is 5.91 Å². The molecule has 1 aromatic carbocycles. The maximum absolute atomic E-state index is 12.9. The van der Waals surface area contributed by atoms with Crippen LogP contribution in [0, 0.1) is 5.41 Å². The molecule has 2 aliphatic rings. The standard InChI is InChI=1S/C23H30N4O7/c1-22(2,3)33-20(31)25-18(24)15-4-6-16(7-5-15)19(30)26-11-8-23(9-12-26)10-13-27(14-17(28)29)21(32)34-23/h4-7H,8-14H2,1-3H3,(H,28,29)(H2,24,25,31). The molecule has 2 saturated heterocycles. The number of amidine groups is 1. The molecule has 2 aliphatic heterocycles. The van der Waals surface area contributed by atoms with E-state index in [9.17, 15) is 19.2 Å². The first-order valence-corrected chi connectivity index (χ1v) is 11.1. The number of carboxylic acid groups (broad SMARTS) is 1. The van der Waals surface area contributed by atoms with Gasteiger partial charge in [0.1, 0.15) is 23.6 Å². The van der Waals surface area contributed by atoms with Crippen LogP contribution in [0.5, 0.6) is 0 Å². The van der Waals surface area contributed by atoms with Gasteiger partial charge in [-0.25, -0.2) is 9.59 Å². The Kier molecular flexibility index (Phi) is 7.13. The lowest BCUT2D eigenvalue weighted by atomic mass is 9.86. The fourth-order valence-electron chi connectivity index (χ4n) is 3.95. The van der Waals surface area contributed by atoms with Crippen molar-refractivity contribution in [2.45, 2.75) is 51.2 Å². The molecule has 3 N–H and O–H groups in total. The third kappa shape index (κ3) is 6.24. The Morgan fingerprint density at radius 1 is 1.09 bits per heavy atom. The van der Waals surface area contributed by atoms with Crippen LogP contribution < -0.4 is 5.32 Å². The molecule has 184 valence electrons. The van der Waals surface area contributed by atoms with Crippen LogP contribution in [0.25, 0.3) is 0 Å². The molecule has 3 rings (SSSR count). The predicted molar refractivity (Wildman–Crippen MR) is 121 cm³/mol. The van der Waals surface area contributed by atoms with Gasteiger partial charge in [0.05, 0.1) is 0 Å². The number of carbonyl (C=O) groups is 4. The molecule has 0 unspecified atom stereocenters. The molecule has 0 aliphatic carbocycles. The number of aliphatic carboxylic acids is 1. The van der Waals surface area contributed by atoms with Gasteiger partial charge in [0, 0.05) is 50.0 Å². The Hall–Kier alpha value is -3.63. The highest BCUT2D eigenvalue weighted by Crippen LogP contribution is 2.34. The lowest BCUT2D eigenvalue weighted by molar-refractivity contribution is -0.140. The number of hydrogen-bond acceptors (Lipinski definition) is 7. The van der Waals surface area contributed by atoms with Crippen LogP contribution in [0.4, 0.5) is 9.59 Å². The number of nitrogens with zero attached hydrogens (tertiary/aromatic N) is 2. The van der Waals surface area contributed by atoms with Crippen molar-refractivity contribution in [1.29, 1.82) is 5.41 Å².